The van der Waals surface area contributed by atoms with Gasteiger partial charge >= 0.3 is 6.18 Å². The summed E-state index contributed by atoms with van der Waals surface area (Å²) >= 11 is 0. The molecule has 1 aliphatic rings. The van der Waals surface area contributed by atoms with E-state index < -0.39 is 57.5 Å². The Morgan fingerprint density at radius 2 is 1.46 bits per heavy atom. The molecule has 0 spiro atoms. The van der Waals surface area contributed by atoms with Crippen LogP contribution in [-0.2, 0) is 19.4 Å². The summed E-state index contributed by atoms with van der Waals surface area (Å²) in [5, 5.41) is 4.63. The molecular weight excluding hydrogens is 514 g/mol. The van der Waals surface area contributed by atoms with Gasteiger partial charge in [0.05, 0.1) is 10.9 Å². The molecule has 1 fully saturated rings. The van der Waals surface area contributed by atoms with Gasteiger partial charge in [0.2, 0.25) is 11.8 Å². The van der Waals surface area contributed by atoms with Crippen molar-refractivity contribution in [2.75, 3.05) is 6.26 Å². The van der Waals surface area contributed by atoms with Gasteiger partial charge in [0.25, 0.3) is 0 Å². The number of nitrogens with two attached hydrogens (primary N) is 1. The number of hydrogen-bond donors (Lipinski definition) is 3. The van der Waals surface area contributed by atoms with Crippen LogP contribution in [0.5, 0.6) is 0 Å². The van der Waals surface area contributed by atoms with E-state index >= 15 is 0 Å². The van der Waals surface area contributed by atoms with Gasteiger partial charge in [-0.15, -0.1) is 0 Å². The Morgan fingerprint density at radius 1 is 0.973 bits per heavy atom. The highest BCUT2D eigenvalue weighted by Crippen LogP contribution is 2.37. The number of carbonyl (C=O) groups is 2. The lowest BCUT2D eigenvalue weighted by Gasteiger charge is -2.30. The first-order chi connectivity index (χ1) is 16.9. The van der Waals surface area contributed by atoms with Crippen molar-refractivity contribution >= 4 is 21.7 Å². The van der Waals surface area contributed by atoms with E-state index in [9.17, 15) is 35.6 Å². The Hall–Kier alpha value is -2.99. The van der Waals surface area contributed by atoms with E-state index in [-0.39, 0.29) is 23.3 Å². The normalized spacial score (nSPS) is 17.1. The van der Waals surface area contributed by atoms with Crippen LogP contribution in [-0.4, -0.2) is 49.9 Å². The summed E-state index contributed by atoms with van der Waals surface area (Å²) in [6.07, 6.45) is -3.83. The topological polar surface area (TPSA) is 118 Å². The predicted molar refractivity (Wildman–Crippen MR) is 130 cm³/mol. The molecule has 202 valence electrons. The Bertz CT molecular complexity index is 1250. The summed E-state index contributed by atoms with van der Waals surface area (Å²) in [4.78, 5) is 24.6. The predicted octanol–water partition coefficient (Wildman–Crippen LogP) is 3.59. The first-order valence-corrected chi connectivity index (χ1v) is 13.3. The van der Waals surface area contributed by atoms with E-state index in [1.807, 2.05) is 0 Å². The van der Waals surface area contributed by atoms with Crippen molar-refractivity contribution in [2.45, 2.75) is 67.5 Å². The maximum Gasteiger partial charge on any atom is 0.407 e. The lowest BCUT2D eigenvalue weighted by atomic mass is 9.96. The maximum absolute atomic E-state index is 14.5. The van der Waals surface area contributed by atoms with Crippen molar-refractivity contribution < 1.29 is 35.6 Å². The van der Waals surface area contributed by atoms with E-state index in [0.717, 1.165) is 20.1 Å². The Kier molecular flexibility index (Phi) is 7.76. The fourth-order valence-electron chi connectivity index (χ4n) is 3.94. The van der Waals surface area contributed by atoms with Gasteiger partial charge in [0.1, 0.15) is 17.2 Å². The smallest absolute Gasteiger partial charge is 0.368 e. The fourth-order valence-corrected chi connectivity index (χ4v) is 4.57. The Morgan fingerprint density at radius 3 is 1.84 bits per heavy atom. The zero-order chi connectivity index (χ0) is 27.8. The second kappa shape index (κ2) is 10.1. The molecule has 0 radical (unpaired) electrons. The molecule has 37 heavy (non-hydrogen) atoms. The highest BCUT2D eigenvalue weighted by Gasteiger charge is 2.51. The number of benzene rings is 2. The van der Waals surface area contributed by atoms with Gasteiger partial charge in [-0.2, -0.15) is 13.2 Å². The van der Waals surface area contributed by atoms with E-state index in [0.29, 0.717) is 11.1 Å². The van der Waals surface area contributed by atoms with Gasteiger partial charge in [-0.05, 0) is 55.5 Å². The fraction of sp³-hybridized carbons (Fsp3) is 0.440. The molecule has 0 bridgehead atoms. The number of alkyl halides is 4. The molecule has 4 N–H and O–H groups in total. The molecule has 7 nitrogen and oxygen atoms in total. The van der Waals surface area contributed by atoms with Gasteiger partial charge in [0, 0.05) is 12.7 Å². The SMILES string of the molecule is CC(C)(F)CC(NC(c1ccc(-c2ccc(S(C)(=O)=O)cc2)cc1)C(F)(F)F)C(=O)NC1(C(N)=O)CC1. The molecule has 2 atom stereocenters. The van der Waals surface area contributed by atoms with Crippen molar-refractivity contribution in [2.24, 2.45) is 5.73 Å². The van der Waals surface area contributed by atoms with Crippen LogP contribution in [0.3, 0.4) is 0 Å². The standard InChI is InChI=1S/C25H29F4N3O4S/c1-23(2,26)14-19(21(33)32-24(12-13-24)22(30)34)31-20(25(27,28)29)17-6-4-15(5-7-17)16-8-10-18(11-9-16)37(3,35)36/h4-11,19-20,31H,12-14H2,1-3H3,(H2,30,34)(H,32,33). The van der Waals surface area contributed by atoms with Crippen LogP contribution < -0.4 is 16.4 Å². The van der Waals surface area contributed by atoms with Crippen LogP contribution in [0.2, 0.25) is 0 Å². The van der Waals surface area contributed by atoms with Crippen LogP contribution >= 0.6 is 0 Å². The average molecular weight is 544 g/mol. The van der Waals surface area contributed by atoms with Gasteiger partial charge in [-0.25, -0.2) is 12.8 Å². The first kappa shape index (κ1) is 28.6. The first-order valence-electron chi connectivity index (χ1n) is 11.5. The molecule has 0 heterocycles. The van der Waals surface area contributed by atoms with E-state index in [2.05, 4.69) is 10.6 Å². The summed E-state index contributed by atoms with van der Waals surface area (Å²) in [6, 6.07) is 7.30. The Balaban J connectivity index is 1.87. The number of rotatable bonds is 10. The molecule has 1 aliphatic carbocycles. The monoisotopic (exact) mass is 543 g/mol. The summed E-state index contributed by atoms with van der Waals surface area (Å²) < 4.78 is 80.1. The second-order valence-electron chi connectivity index (χ2n) is 9.97. The molecular formula is C25H29F4N3O4S. The lowest BCUT2D eigenvalue weighted by Crippen LogP contribution is -2.56. The van der Waals surface area contributed by atoms with E-state index in [1.54, 1.807) is 12.1 Å². The number of carbonyl (C=O) groups excluding carboxylic acids is 2. The van der Waals surface area contributed by atoms with E-state index in [4.69, 9.17) is 5.73 Å². The molecule has 0 saturated heterocycles. The molecule has 1 saturated carbocycles. The van der Waals surface area contributed by atoms with Crippen molar-refractivity contribution in [3.05, 3.63) is 54.1 Å². The summed E-state index contributed by atoms with van der Waals surface area (Å²) in [5.41, 5.74) is 2.91. The van der Waals surface area contributed by atoms with Crippen molar-refractivity contribution in [1.82, 2.24) is 10.6 Å². The molecule has 0 aliphatic heterocycles. The minimum Gasteiger partial charge on any atom is -0.368 e. The van der Waals surface area contributed by atoms with Crippen LogP contribution in [0.15, 0.2) is 53.4 Å². The van der Waals surface area contributed by atoms with Gasteiger partial charge in [-0.3, -0.25) is 14.9 Å². The van der Waals surface area contributed by atoms with Crippen LogP contribution in [0, 0.1) is 0 Å². The number of hydrogen-bond acceptors (Lipinski definition) is 5. The van der Waals surface area contributed by atoms with Crippen molar-refractivity contribution in [1.29, 1.82) is 0 Å². The van der Waals surface area contributed by atoms with E-state index in [1.165, 1.54) is 36.4 Å². The highest BCUT2D eigenvalue weighted by molar-refractivity contribution is 7.90. The van der Waals surface area contributed by atoms with Crippen LogP contribution in [0.25, 0.3) is 11.1 Å². The minimum absolute atomic E-state index is 0.110. The number of primary amides is 1. The van der Waals surface area contributed by atoms with Crippen molar-refractivity contribution in [3.63, 3.8) is 0 Å². The quantitative estimate of drug-likeness (QED) is 0.396. The minimum atomic E-state index is -4.83. The average Bonchev–Trinajstić information content (AvgIpc) is 3.55. The van der Waals surface area contributed by atoms with Gasteiger partial charge < -0.3 is 11.1 Å². The molecule has 2 amide bonds. The summed E-state index contributed by atoms with van der Waals surface area (Å²) in [7, 11) is -3.40. The van der Waals surface area contributed by atoms with Crippen LogP contribution in [0.4, 0.5) is 17.6 Å². The zero-order valence-corrected chi connectivity index (χ0v) is 21.3. The third-order valence-electron chi connectivity index (χ3n) is 6.15. The number of halogens is 4. The molecule has 0 aromatic heterocycles. The molecule has 2 aromatic rings. The molecule has 2 unspecified atom stereocenters. The second-order valence-corrected chi connectivity index (χ2v) is 12.0. The summed E-state index contributed by atoms with van der Waals surface area (Å²) in [6.45, 7) is 2.28. The number of amides is 2. The summed E-state index contributed by atoms with van der Waals surface area (Å²) in [5.74, 6) is -1.74. The third-order valence-corrected chi connectivity index (χ3v) is 7.27. The molecule has 2 aromatic carbocycles. The third kappa shape index (κ3) is 7.29. The zero-order valence-electron chi connectivity index (χ0n) is 20.5. The van der Waals surface area contributed by atoms with Crippen molar-refractivity contribution in [3.8, 4) is 11.1 Å². The maximum atomic E-state index is 14.5. The molecule has 12 heteroatoms. The molecule has 3 rings (SSSR count). The number of nitrogens with one attached hydrogen (secondary N) is 2. The highest BCUT2D eigenvalue weighted by atomic mass is 32.2. The van der Waals surface area contributed by atoms with Gasteiger partial charge in [-0.1, -0.05) is 36.4 Å². The van der Waals surface area contributed by atoms with Gasteiger partial charge in [0.15, 0.2) is 9.84 Å². The largest absolute Gasteiger partial charge is 0.407 e. The number of sulfone groups is 1. The lowest BCUT2D eigenvalue weighted by molar-refractivity contribution is -0.162. The van der Waals surface area contributed by atoms with Crippen LogP contribution in [0.1, 0.15) is 44.7 Å². The Labute approximate surface area is 212 Å².